The van der Waals surface area contributed by atoms with E-state index < -0.39 is 129 Å². The van der Waals surface area contributed by atoms with Gasteiger partial charge in [0, 0.05) is 63.3 Å². The minimum absolute atomic E-state index is 0.00407. The Kier molecular flexibility index (Phi) is 38.1. The first-order valence-electron chi connectivity index (χ1n) is 40.1. The molecule has 2 aromatic rings. The van der Waals surface area contributed by atoms with Gasteiger partial charge in [0.2, 0.25) is 0 Å². The molecule has 6 fully saturated rings. The molecule has 2 aromatic carbocycles. The molecule has 0 aromatic heterocycles. The number of rotatable bonds is 46. The third-order valence-corrected chi connectivity index (χ3v) is 21.4. The van der Waals surface area contributed by atoms with Crippen molar-refractivity contribution < 1.29 is 94.8 Å². The Labute approximate surface area is 616 Å². The van der Waals surface area contributed by atoms with Gasteiger partial charge in [0.15, 0.2) is 43.8 Å². The lowest BCUT2D eigenvalue weighted by Crippen LogP contribution is -2.69. The smallest absolute Gasteiger partial charge is 0.338 e. The minimum atomic E-state index is -1.35. The average Bonchev–Trinajstić information content (AvgIpc) is 0.757. The van der Waals surface area contributed by atoms with Gasteiger partial charge < -0.3 is 90.0 Å². The number of fused-ring (bicyclic) bond motifs is 1. The van der Waals surface area contributed by atoms with E-state index in [0.29, 0.717) is 71.2 Å². The van der Waals surface area contributed by atoms with Crippen LogP contribution in [-0.4, -0.2) is 201 Å². The molecule has 23 nitrogen and oxygen atoms in total. The van der Waals surface area contributed by atoms with Crippen LogP contribution in [0.2, 0.25) is 0 Å². The van der Waals surface area contributed by atoms with Gasteiger partial charge >= 0.3 is 5.97 Å². The summed E-state index contributed by atoms with van der Waals surface area (Å²) >= 11 is 0. The maximum Gasteiger partial charge on any atom is 0.338 e. The molecule has 0 spiro atoms. The van der Waals surface area contributed by atoms with E-state index in [1.54, 1.807) is 24.3 Å². The molecule has 8 rings (SSSR count). The zero-order chi connectivity index (χ0) is 73.5. The van der Waals surface area contributed by atoms with E-state index in [1.165, 1.54) is 0 Å². The number of azide groups is 1. The second kappa shape index (κ2) is 46.1. The number of benzene rings is 2. The minimum Gasteiger partial charge on any atom is -0.450 e. The first-order valence-corrected chi connectivity index (χ1v) is 40.1. The summed E-state index contributed by atoms with van der Waals surface area (Å²) in [5.74, 6) is -0.577. The molecule has 23 heteroatoms. The van der Waals surface area contributed by atoms with Crippen LogP contribution in [0.25, 0.3) is 10.4 Å². The molecule has 0 amide bonds. The van der Waals surface area contributed by atoms with Gasteiger partial charge in [0.05, 0.1) is 37.1 Å². The number of nitrogens with zero attached hydrogens (tertiary/aromatic N) is 3. The van der Waals surface area contributed by atoms with Crippen LogP contribution in [-0.2, 0) is 90.0 Å². The molecule has 26 atom stereocenters. The van der Waals surface area contributed by atoms with Gasteiger partial charge in [-0.1, -0.05) is 189 Å². The summed E-state index contributed by atoms with van der Waals surface area (Å²) in [7, 11) is 0. The van der Waals surface area contributed by atoms with Gasteiger partial charge in [-0.2, -0.15) is 0 Å². The number of hydrogen-bond acceptors (Lipinski definition) is 21. The number of esters is 1. The van der Waals surface area contributed by atoms with E-state index in [0.717, 1.165) is 108 Å². The monoisotopic (exact) mass is 1450 g/mol. The molecule has 6 aliphatic heterocycles. The van der Waals surface area contributed by atoms with Crippen molar-refractivity contribution in [1.82, 2.24) is 0 Å². The van der Waals surface area contributed by atoms with E-state index in [-0.39, 0.29) is 49.1 Å². The zero-order valence-corrected chi connectivity index (χ0v) is 64.6. The van der Waals surface area contributed by atoms with Gasteiger partial charge in [0.25, 0.3) is 0 Å². The lowest BCUT2D eigenvalue weighted by Gasteiger charge is -2.54. The quantitative estimate of drug-likeness (QED) is 0.0197. The summed E-state index contributed by atoms with van der Waals surface area (Å²) in [6.07, 6.45) is -3.89. The average molecular weight is 1450 g/mol. The number of carbonyl (C=O) groups excluding carboxylic acids is 1. The summed E-state index contributed by atoms with van der Waals surface area (Å²) in [4.78, 5) is 17.8. The fourth-order valence-corrected chi connectivity index (χ4v) is 14.7. The molecule has 0 radical (unpaired) electrons. The SMILES string of the molecule is CCCCOCC1O[C@H](OC2[C@@H](O[C@@H]3C(OCCCC)[C@H](OC4[C@@H](OC5[C@@H](OCCCCCN=[N+]=[N-])OC(CC)[C@@H](C)[C@@H]5C)OC(CC)[C@@H](C)[C@@H]4C)OC4COC(c5ccccc5)O[C@H]43)OC(CC)[C@@H](OCCCC)[C@@H]2OCCCC)C(OC(=O)c2ccccc2)[C@@H](OCCCC)[C@@H]1OCCCC. The molecular formula is C80H131N3O20. The Balaban J connectivity index is 1.25. The van der Waals surface area contributed by atoms with Crippen molar-refractivity contribution in [1.29, 1.82) is 0 Å². The van der Waals surface area contributed by atoms with E-state index in [4.69, 9.17) is 95.5 Å². The lowest BCUT2D eigenvalue weighted by molar-refractivity contribution is -0.422. The van der Waals surface area contributed by atoms with Crippen molar-refractivity contribution >= 4 is 5.97 Å². The number of hydrogen-bond donors (Lipinski definition) is 0. The highest BCUT2D eigenvalue weighted by Gasteiger charge is 2.60. The van der Waals surface area contributed by atoms with Gasteiger partial charge in [0.1, 0.15) is 73.2 Å². The second-order valence-corrected chi connectivity index (χ2v) is 29.0. The highest BCUT2D eigenvalue weighted by molar-refractivity contribution is 5.89. The molecule has 11 unspecified atom stereocenters. The van der Waals surface area contributed by atoms with Gasteiger partial charge in [-0.3, -0.25) is 0 Å². The van der Waals surface area contributed by atoms with Gasteiger partial charge in [-0.05, 0) is 112 Å². The highest BCUT2D eigenvalue weighted by atomic mass is 16.8. The summed E-state index contributed by atoms with van der Waals surface area (Å²) in [6, 6.07) is 18.8. The van der Waals surface area contributed by atoms with Crippen LogP contribution in [0.1, 0.15) is 228 Å². The molecule has 0 N–H and O–H groups in total. The Hall–Kier alpha value is -3.50. The molecule has 0 bridgehead atoms. The first-order chi connectivity index (χ1) is 50.3. The summed E-state index contributed by atoms with van der Waals surface area (Å²) in [5, 5.41) is 3.73. The van der Waals surface area contributed by atoms with Crippen LogP contribution < -0.4 is 0 Å². The van der Waals surface area contributed by atoms with Crippen LogP contribution in [0.15, 0.2) is 65.8 Å². The molecule has 6 heterocycles. The van der Waals surface area contributed by atoms with Crippen molar-refractivity contribution in [2.24, 2.45) is 28.8 Å². The Morgan fingerprint density at radius 3 is 1.45 bits per heavy atom. The van der Waals surface area contributed by atoms with Crippen LogP contribution in [0.5, 0.6) is 0 Å². The van der Waals surface area contributed by atoms with Crippen LogP contribution in [0.4, 0.5) is 0 Å². The van der Waals surface area contributed by atoms with Crippen LogP contribution in [0, 0.1) is 23.7 Å². The third-order valence-electron chi connectivity index (χ3n) is 21.4. The van der Waals surface area contributed by atoms with Crippen molar-refractivity contribution in [2.45, 2.75) is 341 Å². The van der Waals surface area contributed by atoms with Gasteiger partial charge in [-0.15, -0.1) is 0 Å². The van der Waals surface area contributed by atoms with Crippen LogP contribution >= 0.6 is 0 Å². The van der Waals surface area contributed by atoms with Gasteiger partial charge in [-0.25, -0.2) is 4.79 Å². The summed E-state index contributed by atoms with van der Waals surface area (Å²) in [5.41, 5.74) is 10.0. The van der Waals surface area contributed by atoms with E-state index in [1.807, 2.05) is 36.4 Å². The van der Waals surface area contributed by atoms with E-state index in [2.05, 4.69) is 100 Å². The predicted octanol–water partition coefficient (Wildman–Crippen LogP) is 15.5. The van der Waals surface area contributed by atoms with Crippen molar-refractivity contribution in [3.8, 4) is 0 Å². The summed E-state index contributed by atoms with van der Waals surface area (Å²) in [6.45, 7) is 31.4. The fourth-order valence-electron chi connectivity index (χ4n) is 14.7. The Morgan fingerprint density at radius 1 is 0.427 bits per heavy atom. The lowest BCUT2D eigenvalue weighted by atomic mass is 9.81. The second-order valence-electron chi connectivity index (χ2n) is 29.0. The predicted molar refractivity (Wildman–Crippen MR) is 389 cm³/mol. The number of ether oxygens (including phenoxy) is 19. The van der Waals surface area contributed by atoms with E-state index in [9.17, 15) is 4.79 Å². The Bertz CT molecular complexity index is 2660. The van der Waals surface area contributed by atoms with Crippen LogP contribution in [0.3, 0.4) is 0 Å². The molecule has 6 saturated heterocycles. The van der Waals surface area contributed by atoms with Crippen molar-refractivity contribution in [3.05, 3.63) is 82.2 Å². The zero-order valence-electron chi connectivity index (χ0n) is 64.6. The topological polar surface area (TPSA) is 241 Å². The first kappa shape index (κ1) is 85.1. The summed E-state index contributed by atoms with van der Waals surface area (Å²) < 4.78 is 136. The molecule has 0 aliphatic carbocycles. The maximum atomic E-state index is 14.8. The maximum absolute atomic E-state index is 14.8. The molecule has 6 aliphatic rings. The molecule has 0 saturated carbocycles. The van der Waals surface area contributed by atoms with Crippen molar-refractivity contribution in [2.75, 3.05) is 66.0 Å². The van der Waals surface area contributed by atoms with Crippen molar-refractivity contribution in [3.63, 3.8) is 0 Å². The standard InChI is InChI=1S/C80H131N3O20/c1-14-23-43-85-50-61-66(87-45-25-16-3)69(89-47-27-18-5)72(98-74(84)56-38-32-29-33-39-56)79(96-61)103-73-68(88-46-26-17-4)65(86-44-24-15-2)60(22-9)95-80(73)102-70-67-62(51-92-75(101-67)57-40-34-30-35-41-57)97-78(71(70)90-48-28-19-6)100-64-55(13)53(11)59(21-8)94-77(64)99-63-54(12)52(10)58(20-7)93-76(63)91-49-37-31-36-42-82-83-81/h29-30,32-35,38-41,52-55,58-73,75-80H,14-28,31,36-37,42-51H2,1-13H3/t52-,53-,54-,55-,58?,59?,60?,61?,62?,63?,64?,65+,66+,67+,68-,69-,70-,71?,72?,73?,75?,76-,77+,78-,79+,80+/m0/s1. The molecular weight excluding hydrogens is 1320 g/mol. The normalized spacial score (nSPS) is 35.5. The number of unbranched alkanes of at least 4 members (excludes halogenated alkanes) is 8. The molecule has 586 valence electrons. The number of carbonyl (C=O) groups is 1. The fraction of sp³-hybridized carbons (Fsp3) is 0.838. The Morgan fingerprint density at radius 2 is 0.874 bits per heavy atom. The van der Waals surface area contributed by atoms with E-state index >= 15 is 0 Å². The largest absolute Gasteiger partial charge is 0.450 e. The highest BCUT2D eigenvalue weighted by Crippen LogP contribution is 2.45. The third kappa shape index (κ3) is 24.0. The molecule has 103 heavy (non-hydrogen) atoms.